The van der Waals surface area contributed by atoms with Crippen LogP contribution in [-0.4, -0.2) is 24.5 Å². The Bertz CT molecular complexity index is 204. The van der Waals surface area contributed by atoms with Crippen LogP contribution in [0, 0.1) is 0 Å². The number of hydrogen-bond donors (Lipinski definition) is 0. The van der Waals surface area contributed by atoms with Gasteiger partial charge in [-0.2, -0.15) is 0 Å². The molecule has 0 aliphatic rings. The summed E-state index contributed by atoms with van der Waals surface area (Å²) in [7, 11) is -0.244. The Morgan fingerprint density at radius 3 is 0.955 bits per heavy atom. The molecule has 0 rings (SSSR count). The van der Waals surface area contributed by atoms with Gasteiger partial charge in [0.1, 0.15) is 0 Å². The van der Waals surface area contributed by atoms with Crippen LogP contribution in [0.4, 0.5) is 0 Å². The molecule has 0 aliphatic heterocycles. The van der Waals surface area contributed by atoms with Crippen LogP contribution in [0.1, 0.15) is 110 Å². The molecule has 0 aromatic rings. The zero-order chi connectivity index (χ0) is 16.5. The minimum atomic E-state index is -0.244. The van der Waals surface area contributed by atoms with Crippen LogP contribution in [0.5, 0.6) is 0 Å². The maximum Gasteiger partial charge on any atom is -0.0235 e. The highest BCUT2D eigenvalue weighted by Gasteiger charge is 2.02. The van der Waals surface area contributed by atoms with Crippen LogP contribution in [0.15, 0.2) is 0 Å². The van der Waals surface area contributed by atoms with E-state index in [2.05, 4.69) is 25.7 Å². The number of unbranched alkanes of at least 4 members (excludes halogenated alkanes) is 15. The van der Waals surface area contributed by atoms with Crippen molar-refractivity contribution in [2.75, 3.05) is 24.5 Å². The highest BCUT2D eigenvalue weighted by atomic mass is 32.3. The Kier molecular flexibility index (Phi) is 16.5. The van der Waals surface area contributed by atoms with Gasteiger partial charge in [0.15, 0.2) is 0 Å². The van der Waals surface area contributed by atoms with Crippen LogP contribution >= 0.6 is 10.0 Å². The third-order valence-corrected chi connectivity index (χ3v) is 6.12. The first-order valence-electron chi connectivity index (χ1n) is 10.2. The number of hydrogen-bond acceptors (Lipinski definition) is 0. The van der Waals surface area contributed by atoms with Crippen LogP contribution in [0.25, 0.3) is 0 Å². The minimum Gasteiger partial charge on any atom is -0.250 e. The van der Waals surface area contributed by atoms with Crippen LogP contribution < -0.4 is 0 Å². The predicted molar refractivity (Wildman–Crippen MR) is 110 cm³/mol. The molecule has 0 aromatic carbocycles. The standard InChI is InChI=1S/C21H46S/c1-5-6-7-8-9-10-11-12-13-14-15-16-17-18-19-20-21-22(2,3)4/h5-21H2,1-4H3. The van der Waals surface area contributed by atoms with Crippen molar-refractivity contribution in [3.63, 3.8) is 0 Å². The first-order valence-corrected chi connectivity index (χ1v) is 13.2. The van der Waals surface area contributed by atoms with Gasteiger partial charge in [-0.1, -0.05) is 103 Å². The lowest BCUT2D eigenvalue weighted by molar-refractivity contribution is 0.531. The van der Waals surface area contributed by atoms with E-state index in [1.165, 1.54) is 108 Å². The Morgan fingerprint density at radius 2 is 0.682 bits per heavy atom. The molecule has 1 heteroatoms. The summed E-state index contributed by atoms with van der Waals surface area (Å²) in [5.41, 5.74) is 0. The van der Waals surface area contributed by atoms with Gasteiger partial charge in [0.2, 0.25) is 0 Å². The largest absolute Gasteiger partial charge is 0.250 e. The molecule has 0 spiro atoms. The fourth-order valence-electron chi connectivity index (χ4n) is 3.08. The third kappa shape index (κ3) is 20.3. The molecule has 0 heterocycles. The summed E-state index contributed by atoms with van der Waals surface area (Å²) < 4.78 is 0. The number of rotatable bonds is 17. The minimum absolute atomic E-state index is 0.244. The molecule has 0 saturated carbocycles. The highest BCUT2D eigenvalue weighted by Crippen LogP contribution is 2.35. The van der Waals surface area contributed by atoms with Crippen molar-refractivity contribution in [2.45, 2.75) is 110 Å². The zero-order valence-electron chi connectivity index (χ0n) is 16.4. The smallest absolute Gasteiger partial charge is 0.0235 e. The molecule has 0 N–H and O–H groups in total. The Morgan fingerprint density at radius 1 is 0.409 bits per heavy atom. The van der Waals surface area contributed by atoms with Gasteiger partial charge >= 0.3 is 0 Å². The summed E-state index contributed by atoms with van der Waals surface area (Å²) >= 11 is 0. The summed E-state index contributed by atoms with van der Waals surface area (Å²) in [5, 5.41) is 0. The molecule has 0 aromatic heterocycles. The van der Waals surface area contributed by atoms with E-state index >= 15 is 0 Å². The fraction of sp³-hybridized carbons (Fsp3) is 1.00. The van der Waals surface area contributed by atoms with Crippen LogP contribution in [0.2, 0.25) is 0 Å². The van der Waals surface area contributed by atoms with Gasteiger partial charge < -0.3 is 0 Å². The summed E-state index contributed by atoms with van der Waals surface area (Å²) in [4.78, 5) is 0. The molecule has 136 valence electrons. The molecular formula is C21H46S. The molecule has 0 unspecified atom stereocenters. The van der Waals surface area contributed by atoms with E-state index in [9.17, 15) is 0 Å². The Balaban J connectivity index is 3.00. The summed E-state index contributed by atoms with van der Waals surface area (Å²) in [6, 6.07) is 0. The van der Waals surface area contributed by atoms with E-state index in [1.807, 2.05) is 0 Å². The molecule has 0 amide bonds. The van der Waals surface area contributed by atoms with Gasteiger partial charge in [-0.3, -0.25) is 0 Å². The van der Waals surface area contributed by atoms with Gasteiger partial charge in [0.25, 0.3) is 0 Å². The average molecular weight is 331 g/mol. The van der Waals surface area contributed by atoms with Gasteiger partial charge in [0, 0.05) is 0 Å². The maximum absolute atomic E-state index is 2.44. The van der Waals surface area contributed by atoms with Crippen molar-refractivity contribution in [1.29, 1.82) is 0 Å². The molecule has 0 bridgehead atoms. The average Bonchev–Trinajstić information content (AvgIpc) is 2.45. The molecule has 0 aliphatic carbocycles. The summed E-state index contributed by atoms with van der Waals surface area (Å²) in [6.45, 7) is 2.30. The van der Waals surface area contributed by atoms with E-state index in [4.69, 9.17) is 0 Å². The van der Waals surface area contributed by atoms with E-state index in [0.29, 0.717) is 0 Å². The van der Waals surface area contributed by atoms with E-state index in [1.54, 1.807) is 0 Å². The topological polar surface area (TPSA) is 0 Å². The Hall–Kier alpha value is 0.350. The van der Waals surface area contributed by atoms with E-state index in [-0.39, 0.29) is 10.0 Å². The molecule has 0 atom stereocenters. The zero-order valence-corrected chi connectivity index (χ0v) is 17.2. The van der Waals surface area contributed by atoms with Crippen molar-refractivity contribution >= 4 is 10.0 Å². The lowest BCUT2D eigenvalue weighted by Crippen LogP contribution is -1.98. The SMILES string of the molecule is CCCCCCCCCCCCCCCCCCS(C)(C)C. The van der Waals surface area contributed by atoms with E-state index in [0.717, 1.165) is 0 Å². The molecule has 0 radical (unpaired) electrons. The van der Waals surface area contributed by atoms with Crippen molar-refractivity contribution < 1.29 is 0 Å². The Labute approximate surface area is 144 Å². The van der Waals surface area contributed by atoms with Crippen LogP contribution in [0.3, 0.4) is 0 Å². The van der Waals surface area contributed by atoms with E-state index < -0.39 is 0 Å². The molecule has 0 fully saturated rings. The van der Waals surface area contributed by atoms with Crippen molar-refractivity contribution in [3.05, 3.63) is 0 Å². The second kappa shape index (κ2) is 16.2. The second-order valence-electron chi connectivity index (χ2n) is 8.10. The normalized spacial score (nSPS) is 12.7. The quantitative estimate of drug-likeness (QED) is 0.237. The maximum atomic E-state index is 2.44. The molecule has 0 nitrogen and oxygen atoms in total. The molecule has 22 heavy (non-hydrogen) atoms. The summed E-state index contributed by atoms with van der Waals surface area (Å²) in [6.07, 6.45) is 30.9. The monoisotopic (exact) mass is 330 g/mol. The van der Waals surface area contributed by atoms with Crippen molar-refractivity contribution in [1.82, 2.24) is 0 Å². The third-order valence-electron chi connectivity index (χ3n) is 4.61. The lowest BCUT2D eigenvalue weighted by Gasteiger charge is -2.24. The van der Waals surface area contributed by atoms with Crippen molar-refractivity contribution in [3.8, 4) is 0 Å². The van der Waals surface area contributed by atoms with Gasteiger partial charge in [-0.15, -0.1) is 0 Å². The lowest BCUT2D eigenvalue weighted by atomic mass is 10.0. The molecule has 0 saturated heterocycles. The van der Waals surface area contributed by atoms with Crippen LogP contribution in [-0.2, 0) is 0 Å². The fourth-order valence-corrected chi connectivity index (χ4v) is 4.15. The first kappa shape index (κ1) is 22.4. The van der Waals surface area contributed by atoms with Crippen molar-refractivity contribution in [2.24, 2.45) is 0 Å². The first-order chi connectivity index (χ1) is 10.6. The summed E-state index contributed by atoms with van der Waals surface area (Å²) in [5.74, 6) is 1.48. The second-order valence-corrected chi connectivity index (χ2v) is 12.7. The van der Waals surface area contributed by atoms with Gasteiger partial charge in [-0.25, -0.2) is 10.0 Å². The molecular weight excluding hydrogens is 284 g/mol. The predicted octanol–water partition coefficient (Wildman–Crippen LogP) is 7.94. The highest BCUT2D eigenvalue weighted by molar-refractivity contribution is 8.32. The van der Waals surface area contributed by atoms with Gasteiger partial charge in [-0.05, 0) is 30.9 Å². The van der Waals surface area contributed by atoms with Gasteiger partial charge in [0.05, 0.1) is 0 Å².